The Morgan fingerprint density at radius 3 is 2.74 bits per heavy atom. The van der Waals surface area contributed by atoms with Gasteiger partial charge in [-0.2, -0.15) is 0 Å². The highest BCUT2D eigenvalue weighted by atomic mass is 35.5. The molecule has 2 rings (SSSR count). The number of rotatable bonds is 5. The first kappa shape index (κ1) is 19.3. The van der Waals surface area contributed by atoms with Gasteiger partial charge in [0.25, 0.3) is 5.92 Å². The summed E-state index contributed by atoms with van der Waals surface area (Å²) in [6, 6.07) is 6.42. The number of aryl methyl sites for hydroxylation is 1. The Morgan fingerprint density at radius 2 is 2.13 bits per heavy atom. The molecule has 0 saturated carbocycles. The maximum absolute atomic E-state index is 13.0. The van der Waals surface area contributed by atoms with E-state index in [9.17, 15) is 18.4 Å². The Kier molecular flexibility index (Phi) is 6.90. The zero-order valence-electron chi connectivity index (χ0n) is 12.7. The fraction of sp³-hybridized carbons (Fsp3) is 0.467. The van der Waals surface area contributed by atoms with Gasteiger partial charge < -0.3 is 10.6 Å². The lowest BCUT2D eigenvalue weighted by atomic mass is 10.1. The molecule has 3 N–H and O–H groups in total. The Bertz CT molecular complexity index is 569. The van der Waals surface area contributed by atoms with Crippen molar-refractivity contribution in [1.29, 1.82) is 0 Å². The molecule has 1 saturated heterocycles. The van der Waals surface area contributed by atoms with Crippen LogP contribution in [0.15, 0.2) is 24.3 Å². The molecule has 0 radical (unpaired) electrons. The molecule has 1 unspecified atom stereocenters. The number of anilines is 1. The van der Waals surface area contributed by atoms with Crippen LogP contribution < -0.4 is 16.0 Å². The number of halogens is 3. The standard InChI is InChI=1S/C15H19F2N3O2.ClH/c1-2-10-4-3-5-11(6-10)20-13(21)8-18-14(22)12-7-15(16,17)9-19-12;/h3-6,12,19H,2,7-9H2,1H3,(H,18,22)(H,20,21);1H. The lowest BCUT2D eigenvalue weighted by Crippen LogP contribution is -2.43. The van der Waals surface area contributed by atoms with Gasteiger partial charge in [0.2, 0.25) is 11.8 Å². The predicted molar refractivity (Wildman–Crippen MR) is 86.1 cm³/mol. The van der Waals surface area contributed by atoms with Crippen LogP contribution >= 0.6 is 12.4 Å². The van der Waals surface area contributed by atoms with Crippen LogP contribution in [0.4, 0.5) is 14.5 Å². The van der Waals surface area contributed by atoms with Gasteiger partial charge in [-0.15, -0.1) is 12.4 Å². The summed E-state index contributed by atoms with van der Waals surface area (Å²) in [6.07, 6.45) is 0.307. The van der Waals surface area contributed by atoms with Crippen molar-refractivity contribution in [1.82, 2.24) is 10.6 Å². The molecule has 0 aliphatic carbocycles. The van der Waals surface area contributed by atoms with E-state index in [0.717, 1.165) is 12.0 Å². The van der Waals surface area contributed by atoms with Gasteiger partial charge in [0.15, 0.2) is 0 Å². The first-order valence-corrected chi connectivity index (χ1v) is 7.17. The highest BCUT2D eigenvalue weighted by Gasteiger charge is 2.42. The van der Waals surface area contributed by atoms with Crippen LogP contribution in [-0.4, -0.2) is 36.9 Å². The molecule has 0 bridgehead atoms. The molecule has 1 heterocycles. The number of amides is 2. The Labute approximate surface area is 139 Å². The number of hydrogen-bond acceptors (Lipinski definition) is 3. The smallest absolute Gasteiger partial charge is 0.262 e. The van der Waals surface area contributed by atoms with Crippen LogP contribution in [0.1, 0.15) is 18.9 Å². The minimum atomic E-state index is -2.87. The molecule has 1 aliphatic rings. The van der Waals surface area contributed by atoms with Crippen molar-refractivity contribution in [2.75, 3.05) is 18.4 Å². The largest absolute Gasteiger partial charge is 0.346 e. The monoisotopic (exact) mass is 347 g/mol. The van der Waals surface area contributed by atoms with E-state index in [0.29, 0.717) is 5.69 Å². The first-order chi connectivity index (χ1) is 10.4. The van der Waals surface area contributed by atoms with E-state index >= 15 is 0 Å². The minimum Gasteiger partial charge on any atom is -0.346 e. The molecular weight excluding hydrogens is 328 g/mol. The second kappa shape index (κ2) is 8.21. The second-order valence-corrected chi connectivity index (χ2v) is 5.31. The van der Waals surface area contributed by atoms with Crippen molar-refractivity contribution >= 4 is 29.9 Å². The van der Waals surface area contributed by atoms with E-state index in [1.165, 1.54) is 0 Å². The van der Waals surface area contributed by atoms with Crippen molar-refractivity contribution in [3.63, 3.8) is 0 Å². The van der Waals surface area contributed by atoms with Gasteiger partial charge >= 0.3 is 0 Å². The number of carbonyl (C=O) groups is 2. The Balaban J connectivity index is 0.00000264. The van der Waals surface area contributed by atoms with Crippen LogP contribution in [0, 0.1) is 0 Å². The molecule has 1 aromatic carbocycles. The van der Waals surface area contributed by atoms with E-state index in [2.05, 4.69) is 16.0 Å². The molecule has 1 atom stereocenters. The minimum absolute atomic E-state index is 0. The van der Waals surface area contributed by atoms with E-state index in [1.54, 1.807) is 6.07 Å². The van der Waals surface area contributed by atoms with Crippen molar-refractivity contribution in [2.24, 2.45) is 0 Å². The average Bonchev–Trinajstić information content (AvgIpc) is 2.85. The molecule has 5 nitrogen and oxygen atoms in total. The molecule has 23 heavy (non-hydrogen) atoms. The van der Waals surface area contributed by atoms with Crippen LogP contribution in [0.3, 0.4) is 0 Å². The summed E-state index contributed by atoms with van der Waals surface area (Å²) >= 11 is 0. The molecule has 0 aromatic heterocycles. The van der Waals surface area contributed by atoms with Gasteiger partial charge in [-0.05, 0) is 24.1 Å². The van der Waals surface area contributed by atoms with Crippen molar-refractivity contribution < 1.29 is 18.4 Å². The third-order valence-electron chi connectivity index (χ3n) is 3.47. The molecule has 128 valence electrons. The summed E-state index contributed by atoms with van der Waals surface area (Å²) in [6.45, 7) is 1.24. The number of alkyl halides is 2. The maximum atomic E-state index is 13.0. The number of nitrogens with one attached hydrogen (secondary N) is 3. The quantitative estimate of drug-likeness (QED) is 0.759. The molecular formula is C15H20ClF2N3O2. The number of benzene rings is 1. The molecule has 2 amide bonds. The summed E-state index contributed by atoms with van der Waals surface area (Å²) in [4.78, 5) is 23.5. The summed E-state index contributed by atoms with van der Waals surface area (Å²) in [5.74, 6) is -3.86. The van der Waals surface area contributed by atoms with Crippen LogP contribution in [0.2, 0.25) is 0 Å². The fourth-order valence-corrected chi connectivity index (χ4v) is 2.27. The first-order valence-electron chi connectivity index (χ1n) is 7.17. The normalized spacial score (nSPS) is 18.8. The third kappa shape index (κ3) is 5.76. The number of carbonyl (C=O) groups excluding carboxylic acids is 2. The third-order valence-corrected chi connectivity index (χ3v) is 3.47. The van der Waals surface area contributed by atoms with Crippen molar-refractivity contribution in [3.8, 4) is 0 Å². The second-order valence-electron chi connectivity index (χ2n) is 5.31. The Morgan fingerprint density at radius 1 is 1.39 bits per heavy atom. The fourth-order valence-electron chi connectivity index (χ4n) is 2.27. The molecule has 1 aliphatic heterocycles. The topological polar surface area (TPSA) is 70.2 Å². The average molecular weight is 348 g/mol. The Hall–Kier alpha value is -1.73. The van der Waals surface area contributed by atoms with Crippen molar-refractivity contribution in [3.05, 3.63) is 29.8 Å². The summed E-state index contributed by atoms with van der Waals surface area (Å²) < 4.78 is 26.0. The van der Waals surface area contributed by atoms with E-state index in [1.807, 2.05) is 25.1 Å². The summed E-state index contributed by atoms with van der Waals surface area (Å²) in [7, 11) is 0. The van der Waals surface area contributed by atoms with Gasteiger partial charge in [-0.1, -0.05) is 19.1 Å². The SMILES string of the molecule is CCc1cccc(NC(=O)CNC(=O)C2CC(F)(F)CN2)c1.Cl. The highest BCUT2D eigenvalue weighted by molar-refractivity contribution is 5.95. The molecule has 8 heteroatoms. The van der Waals surface area contributed by atoms with Gasteiger partial charge in [0, 0.05) is 12.1 Å². The van der Waals surface area contributed by atoms with Crippen LogP contribution in [-0.2, 0) is 16.0 Å². The zero-order chi connectivity index (χ0) is 16.2. The lowest BCUT2D eigenvalue weighted by molar-refractivity contribution is -0.125. The van der Waals surface area contributed by atoms with Crippen molar-refractivity contribution in [2.45, 2.75) is 31.7 Å². The molecule has 0 spiro atoms. The summed E-state index contributed by atoms with van der Waals surface area (Å²) in [5.41, 5.74) is 1.73. The maximum Gasteiger partial charge on any atom is 0.262 e. The molecule has 1 aromatic rings. The summed E-state index contributed by atoms with van der Waals surface area (Å²) in [5, 5.41) is 7.46. The van der Waals surface area contributed by atoms with Gasteiger partial charge in [0.05, 0.1) is 19.1 Å². The van der Waals surface area contributed by atoms with E-state index in [-0.39, 0.29) is 19.0 Å². The van der Waals surface area contributed by atoms with Crippen LogP contribution in [0.25, 0.3) is 0 Å². The number of hydrogen-bond donors (Lipinski definition) is 3. The van der Waals surface area contributed by atoms with E-state index in [4.69, 9.17) is 0 Å². The van der Waals surface area contributed by atoms with Gasteiger partial charge in [0.1, 0.15) is 0 Å². The predicted octanol–water partition coefficient (Wildman–Crippen LogP) is 1.72. The van der Waals surface area contributed by atoms with E-state index < -0.39 is 36.7 Å². The van der Waals surface area contributed by atoms with Crippen LogP contribution in [0.5, 0.6) is 0 Å². The van der Waals surface area contributed by atoms with Gasteiger partial charge in [-0.3, -0.25) is 14.9 Å². The zero-order valence-corrected chi connectivity index (χ0v) is 13.5. The highest BCUT2D eigenvalue weighted by Crippen LogP contribution is 2.24. The van der Waals surface area contributed by atoms with Gasteiger partial charge in [-0.25, -0.2) is 8.78 Å². The lowest BCUT2D eigenvalue weighted by Gasteiger charge is -2.11. The molecule has 1 fully saturated rings.